The Hall–Kier alpha value is -3.27. The lowest BCUT2D eigenvalue weighted by atomic mass is 9.97. The summed E-state index contributed by atoms with van der Waals surface area (Å²) in [5.74, 6) is -2.72. The van der Waals surface area contributed by atoms with E-state index in [0.717, 1.165) is 14.2 Å². The van der Waals surface area contributed by atoms with Crippen molar-refractivity contribution in [2.24, 2.45) is 0 Å². The molecule has 1 aliphatic heterocycles. The summed E-state index contributed by atoms with van der Waals surface area (Å²) in [6.45, 7) is 1.60. The van der Waals surface area contributed by atoms with Crippen molar-refractivity contribution in [3.63, 3.8) is 0 Å². The Morgan fingerprint density at radius 1 is 1.07 bits per heavy atom. The Balaban J connectivity index is 2.57. The molecule has 144 valence electrons. The fourth-order valence-electron chi connectivity index (χ4n) is 2.62. The quantitative estimate of drug-likeness (QED) is 0.310. The molecule has 0 spiro atoms. The van der Waals surface area contributed by atoms with Gasteiger partial charge in [0.05, 0.1) is 36.9 Å². The van der Waals surface area contributed by atoms with E-state index in [-0.39, 0.29) is 23.4 Å². The zero-order valence-corrected chi connectivity index (χ0v) is 14.8. The first-order valence-corrected chi connectivity index (χ1v) is 7.82. The molecule has 2 atom stereocenters. The maximum atomic E-state index is 12.3. The first kappa shape index (κ1) is 20.0. The van der Waals surface area contributed by atoms with Crippen LogP contribution in [0.2, 0.25) is 0 Å². The van der Waals surface area contributed by atoms with Gasteiger partial charge < -0.3 is 18.9 Å². The molecule has 27 heavy (non-hydrogen) atoms. The molecule has 1 aromatic carbocycles. The minimum atomic E-state index is -1.49. The van der Waals surface area contributed by atoms with Gasteiger partial charge in [0.2, 0.25) is 0 Å². The van der Waals surface area contributed by atoms with Crippen LogP contribution in [0.25, 0.3) is 0 Å². The number of ether oxygens (including phenoxy) is 4. The fraction of sp³-hybridized carbons (Fsp3) is 0.353. The molecule has 10 nitrogen and oxygen atoms in total. The van der Waals surface area contributed by atoms with Crippen LogP contribution >= 0.6 is 0 Å². The van der Waals surface area contributed by atoms with E-state index in [9.17, 15) is 24.5 Å². The number of carbonyl (C=O) groups excluding carboxylic acids is 3. The Morgan fingerprint density at radius 3 is 2.11 bits per heavy atom. The third-order valence-electron chi connectivity index (χ3n) is 3.80. The predicted octanol–water partition coefficient (Wildman–Crippen LogP) is 1.24. The van der Waals surface area contributed by atoms with E-state index in [2.05, 4.69) is 4.74 Å². The fourth-order valence-corrected chi connectivity index (χ4v) is 2.62. The van der Waals surface area contributed by atoms with Crippen molar-refractivity contribution in [3.8, 4) is 0 Å². The molecule has 0 saturated carbocycles. The number of nitro benzene ring substituents is 1. The molecule has 0 fully saturated rings. The van der Waals surface area contributed by atoms with Crippen LogP contribution in [0.3, 0.4) is 0 Å². The Morgan fingerprint density at radius 2 is 1.63 bits per heavy atom. The summed E-state index contributed by atoms with van der Waals surface area (Å²) in [4.78, 5) is 47.0. The molecule has 0 saturated heterocycles. The molecular formula is C17H17NO9. The summed E-state index contributed by atoms with van der Waals surface area (Å²) in [5.41, 5.74) is -0.410. The molecule has 0 aromatic heterocycles. The van der Waals surface area contributed by atoms with Crippen LogP contribution < -0.4 is 0 Å². The van der Waals surface area contributed by atoms with Crippen molar-refractivity contribution in [2.75, 3.05) is 20.8 Å². The number of hydrogen-bond acceptors (Lipinski definition) is 9. The first-order chi connectivity index (χ1) is 12.8. The van der Waals surface area contributed by atoms with Gasteiger partial charge in [-0.15, -0.1) is 0 Å². The van der Waals surface area contributed by atoms with Crippen molar-refractivity contribution in [1.29, 1.82) is 0 Å². The van der Waals surface area contributed by atoms with E-state index >= 15 is 0 Å². The lowest BCUT2D eigenvalue weighted by molar-refractivity contribution is -0.384. The van der Waals surface area contributed by atoms with Crippen molar-refractivity contribution in [3.05, 3.63) is 51.1 Å². The minimum absolute atomic E-state index is 0.0307. The minimum Gasteiger partial charge on any atom is -0.466 e. The molecule has 2 rings (SSSR count). The van der Waals surface area contributed by atoms with Crippen LogP contribution in [0, 0.1) is 10.1 Å². The van der Waals surface area contributed by atoms with Crippen LogP contribution in [0.15, 0.2) is 35.4 Å². The highest BCUT2D eigenvalue weighted by atomic mass is 16.6. The highest BCUT2D eigenvalue weighted by Gasteiger charge is 2.47. The summed E-state index contributed by atoms with van der Waals surface area (Å²) >= 11 is 0. The zero-order valence-electron chi connectivity index (χ0n) is 14.8. The zero-order chi connectivity index (χ0) is 20.1. The van der Waals surface area contributed by atoms with E-state index in [1.165, 1.54) is 24.3 Å². The molecule has 1 aromatic rings. The molecule has 0 bridgehead atoms. The Labute approximate surface area is 153 Å². The number of benzene rings is 1. The number of nitro groups is 1. The SMILES string of the molecule is CCOC(=O)[C@H]1O[C@@H](c2ccc([N+](=O)[O-])cc2)C(C(=O)OC)=C1C(=O)OC. The van der Waals surface area contributed by atoms with E-state index in [1.54, 1.807) is 6.92 Å². The number of rotatable bonds is 6. The molecule has 0 unspecified atom stereocenters. The second-order valence-corrected chi connectivity index (χ2v) is 5.31. The highest BCUT2D eigenvalue weighted by molar-refractivity contribution is 6.06. The van der Waals surface area contributed by atoms with Crippen molar-refractivity contribution in [1.82, 2.24) is 0 Å². The molecular weight excluding hydrogens is 362 g/mol. The van der Waals surface area contributed by atoms with Gasteiger partial charge in [-0.2, -0.15) is 0 Å². The normalized spacial score (nSPS) is 18.8. The molecule has 0 N–H and O–H groups in total. The largest absolute Gasteiger partial charge is 0.466 e. The van der Waals surface area contributed by atoms with Crippen molar-refractivity contribution >= 4 is 23.6 Å². The molecule has 0 amide bonds. The smallest absolute Gasteiger partial charge is 0.340 e. The third kappa shape index (κ3) is 3.95. The molecule has 1 heterocycles. The summed E-state index contributed by atoms with van der Waals surface area (Å²) in [5, 5.41) is 10.8. The lowest BCUT2D eigenvalue weighted by Gasteiger charge is -2.15. The average molecular weight is 379 g/mol. The van der Waals surface area contributed by atoms with Crippen LogP contribution in [0.5, 0.6) is 0 Å². The van der Waals surface area contributed by atoms with Crippen LogP contribution in [0.1, 0.15) is 18.6 Å². The topological polar surface area (TPSA) is 131 Å². The van der Waals surface area contributed by atoms with Gasteiger partial charge in [-0.05, 0) is 24.6 Å². The van der Waals surface area contributed by atoms with E-state index in [4.69, 9.17) is 14.2 Å². The molecule has 0 aliphatic carbocycles. The standard InChI is InChI=1S/C17H17NO9/c1-4-26-17(21)14-12(16(20)25-3)11(15(19)24-2)13(27-14)9-5-7-10(8-6-9)18(22)23/h5-8,13-14H,4H2,1-3H3/t13-,14-/m0/s1. The highest BCUT2D eigenvalue weighted by Crippen LogP contribution is 2.40. The van der Waals surface area contributed by atoms with Crippen LogP contribution in [0.4, 0.5) is 5.69 Å². The van der Waals surface area contributed by atoms with Crippen molar-refractivity contribution in [2.45, 2.75) is 19.1 Å². The number of non-ortho nitro benzene ring substituents is 1. The summed E-state index contributed by atoms with van der Waals surface area (Å²) < 4.78 is 19.9. The van der Waals surface area contributed by atoms with E-state index in [0.29, 0.717) is 5.56 Å². The average Bonchev–Trinajstić information content (AvgIpc) is 3.07. The lowest BCUT2D eigenvalue weighted by Crippen LogP contribution is -2.29. The van der Waals surface area contributed by atoms with E-state index in [1.807, 2.05) is 0 Å². The first-order valence-electron chi connectivity index (χ1n) is 7.82. The predicted molar refractivity (Wildman–Crippen MR) is 88.4 cm³/mol. The van der Waals surface area contributed by atoms with Gasteiger partial charge in [0.1, 0.15) is 6.10 Å². The number of carbonyl (C=O) groups is 3. The number of methoxy groups -OCH3 is 2. The molecule has 1 aliphatic rings. The number of nitrogens with zero attached hydrogens (tertiary/aromatic N) is 1. The third-order valence-corrected chi connectivity index (χ3v) is 3.80. The Bertz CT molecular complexity index is 797. The van der Waals surface area contributed by atoms with Gasteiger partial charge >= 0.3 is 17.9 Å². The molecule has 10 heteroatoms. The maximum Gasteiger partial charge on any atom is 0.340 e. The second kappa shape index (κ2) is 8.41. The number of esters is 3. The molecule has 0 radical (unpaired) electrons. The summed E-state index contributed by atoms with van der Waals surface area (Å²) in [6, 6.07) is 5.13. The summed E-state index contributed by atoms with van der Waals surface area (Å²) in [7, 11) is 2.19. The Kier molecular flexibility index (Phi) is 6.24. The van der Waals surface area contributed by atoms with Gasteiger partial charge in [-0.1, -0.05) is 0 Å². The summed E-state index contributed by atoms with van der Waals surface area (Å²) in [6.07, 6.45) is -2.66. The van der Waals surface area contributed by atoms with Gasteiger partial charge in [-0.25, -0.2) is 14.4 Å². The second-order valence-electron chi connectivity index (χ2n) is 5.31. The van der Waals surface area contributed by atoms with Gasteiger partial charge in [0, 0.05) is 12.1 Å². The van der Waals surface area contributed by atoms with Gasteiger partial charge in [0.15, 0.2) is 6.10 Å². The van der Waals surface area contributed by atoms with Crippen LogP contribution in [-0.4, -0.2) is 49.8 Å². The van der Waals surface area contributed by atoms with Crippen LogP contribution in [-0.2, 0) is 33.3 Å². The van der Waals surface area contributed by atoms with Gasteiger partial charge in [0.25, 0.3) is 5.69 Å². The van der Waals surface area contributed by atoms with Gasteiger partial charge in [-0.3, -0.25) is 10.1 Å². The number of hydrogen-bond donors (Lipinski definition) is 0. The van der Waals surface area contributed by atoms with E-state index < -0.39 is 35.0 Å². The monoisotopic (exact) mass is 379 g/mol. The maximum absolute atomic E-state index is 12.3. The van der Waals surface area contributed by atoms with Crippen molar-refractivity contribution < 1.29 is 38.3 Å².